The molecule has 2 N–H and O–H groups in total. The Balaban J connectivity index is 1.67. The van der Waals surface area contributed by atoms with Crippen molar-refractivity contribution < 1.29 is 9.84 Å². The smallest absolute Gasteiger partial charge is 0.332 e. The topological polar surface area (TPSA) is 129 Å². The molecule has 0 aliphatic heterocycles. The van der Waals surface area contributed by atoms with Gasteiger partial charge in [0, 0.05) is 32.1 Å². The van der Waals surface area contributed by atoms with Gasteiger partial charge in [-0.3, -0.25) is 18.9 Å². The molecule has 0 aliphatic rings. The summed E-state index contributed by atoms with van der Waals surface area (Å²) in [5.41, 5.74) is 2.87. The maximum absolute atomic E-state index is 12.9. The molecule has 0 fully saturated rings. The standard InChI is InChI=1S/C22H23N7O4/c1-27-19-18(20(31)28(2)22(27)32)29(13-16(30)14-33-17-8-4-3-5-9-17)21(25-19)26-24-12-15-7-6-10-23-11-15/h3-12,16,30H,13-14H2,1-2H3,(H,25,26). The van der Waals surface area contributed by atoms with Crippen LogP contribution < -0.4 is 21.4 Å². The molecule has 11 heteroatoms. The zero-order chi connectivity index (χ0) is 23.4. The molecule has 1 unspecified atom stereocenters. The lowest BCUT2D eigenvalue weighted by Crippen LogP contribution is -2.38. The molecule has 4 rings (SSSR count). The van der Waals surface area contributed by atoms with E-state index in [1.165, 1.54) is 23.2 Å². The van der Waals surface area contributed by atoms with E-state index in [-0.39, 0.29) is 30.3 Å². The van der Waals surface area contributed by atoms with Crippen LogP contribution in [0.4, 0.5) is 5.95 Å². The number of aliphatic hydroxyl groups is 1. The predicted molar refractivity (Wildman–Crippen MR) is 124 cm³/mol. The van der Waals surface area contributed by atoms with Crippen molar-refractivity contribution in [3.8, 4) is 5.75 Å². The molecule has 4 aromatic rings. The quantitative estimate of drug-likeness (QED) is 0.299. The maximum Gasteiger partial charge on any atom is 0.332 e. The summed E-state index contributed by atoms with van der Waals surface area (Å²) in [7, 11) is 2.92. The number of nitrogens with one attached hydrogen (secondary N) is 1. The van der Waals surface area contributed by atoms with Crippen LogP contribution in [0.1, 0.15) is 5.56 Å². The monoisotopic (exact) mass is 449 g/mol. The lowest BCUT2D eigenvalue weighted by molar-refractivity contribution is 0.0938. The number of fused-ring (bicyclic) bond motifs is 1. The fourth-order valence-corrected chi connectivity index (χ4v) is 3.30. The Morgan fingerprint density at radius 3 is 2.67 bits per heavy atom. The molecule has 3 heterocycles. The third kappa shape index (κ3) is 4.67. The summed E-state index contributed by atoms with van der Waals surface area (Å²) in [4.78, 5) is 33.7. The lowest BCUT2D eigenvalue weighted by Gasteiger charge is -2.15. The number of anilines is 1. The molecule has 0 amide bonds. The first-order chi connectivity index (χ1) is 16.0. The minimum Gasteiger partial charge on any atom is -0.491 e. The Morgan fingerprint density at radius 1 is 1.15 bits per heavy atom. The average Bonchev–Trinajstić information content (AvgIpc) is 3.19. The molecule has 0 radical (unpaired) electrons. The largest absolute Gasteiger partial charge is 0.491 e. The van der Waals surface area contributed by atoms with Crippen molar-refractivity contribution in [3.05, 3.63) is 81.3 Å². The van der Waals surface area contributed by atoms with Gasteiger partial charge in [0.05, 0.1) is 12.8 Å². The Bertz CT molecular complexity index is 1390. The number of rotatable bonds is 8. The third-order valence-corrected chi connectivity index (χ3v) is 4.99. The van der Waals surface area contributed by atoms with Crippen LogP contribution in [0.5, 0.6) is 5.75 Å². The van der Waals surface area contributed by atoms with Gasteiger partial charge in [0.1, 0.15) is 18.5 Å². The van der Waals surface area contributed by atoms with E-state index in [9.17, 15) is 14.7 Å². The summed E-state index contributed by atoms with van der Waals surface area (Å²) in [5.74, 6) is 0.812. The number of aliphatic hydroxyl groups excluding tert-OH is 1. The summed E-state index contributed by atoms with van der Waals surface area (Å²) in [6.45, 7) is -0.0182. The third-order valence-electron chi connectivity index (χ3n) is 4.99. The van der Waals surface area contributed by atoms with Gasteiger partial charge in [-0.25, -0.2) is 10.2 Å². The van der Waals surface area contributed by atoms with E-state index in [0.717, 1.165) is 10.1 Å². The molecule has 1 aromatic carbocycles. The Labute approximate surface area is 188 Å². The van der Waals surface area contributed by atoms with Crippen LogP contribution in [0.2, 0.25) is 0 Å². The van der Waals surface area contributed by atoms with Gasteiger partial charge in [0.25, 0.3) is 5.56 Å². The zero-order valence-electron chi connectivity index (χ0n) is 18.1. The summed E-state index contributed by atoms with van der Waals surface area (Å²) in [6, 6.07) is 12.7. The lowest BCUT2D eigenvalue weighted by atomic mass is 10.3. The molecule has 3 aromatic heterocycles. The normalized spacial score (nSPS) is 12.3. The molecule has 1 atom stereocenters. The average molecular weight is 449 g/mol. The zero-order valence-corrected chi connectivity index (χ0v) is 18.1. The van der Waals surface area contributed by atoms with Crippen LogP contribution in [-0.4, -0.2) is 47.7 Å². The van der Waals surface area contributed by atoms with Crippen LogP contribution in [-0.2, 0) is 20.6 Å². The van der Waals surface area contributed by atoms with Gasteiger partial charge >= 0.3 is 5.69 Å². The van der Waals surface area contributed by atoms with Crippen molar-refractivity contribution in [2.24, 2.45) is 19.2 Å². The van der Waals surface area contributed by atoms with Gasteiger partial charge in [-0.05, 0) is 18.2 Å². The highest BCUT2D eigenvalue weighted by Gasteiger charge is 2.21. The summed E-state index contributed by atoms with van der Waals surface area (Å²) < 4.78 is 9.39. The summed E-state index contributed by atoms with van der Waals surface area (Å²) >= 11 is 0. The number of aryl methyl sites for hydroxylation is 1. The van der Waals surface area contributed by atoms with Gasteiger partial charge in [-0.2, -0.15) is 10.1 Å². The van der Waals surface area contributed by atoms with E-state index in [2.05, 4.69) is 20.5 Å². The van der Waals surface area contributed by atoms with E-state index in [0.29, 0.717) is 5.75 Å². The highest BCUT2D eigenvalue weighted by molar-refractivity contribution is 5.80. The van der Waals surface area contributed by atoms with Crippen LogP contribution >= 0.6 is 0 Å². The highest BCUT2D eigenvalue weighted by atomic mass is 16.5. The molecule has 0 bridgehead atoms. The number of hydrazone groups is 1. The summed E-state index contributed by atoms with van der Waals surface area (Å²) in [5, 5.41) is 14.8. The molecule has 0 spiro atoms. The van der Waals surface area contributed by atoms with Crippen LogP contribution in [0.25, 0.3) is 11.2 Å². The Hall–Kier alpha value is -4.25. The van der Waals surface area contributed by atoms with Gasteiger partial charge in [0.15, 0.2) is 11.2 Å². The highest BCUT2D eigenvalue weighted by Crippen LogP contribution is 2.17. The second-order valence-corrected chi connectivity index (χ2v) is 7.36. The van der Waals surface area contributed by atoms with Crippen molar-refractivity contribution in [1.29, 1.82) is 0 Å². The number of ether oxygens (including phenoxy) is 1. The van der Waals surface area contributed by atoms with E-state index < -0.39 is 17.4 Å². The molecular formula is C22H23N7O4. The van der Waals surface area contributed by atoms with Crippen molar-refractivity contribution in [2.75, 3.05) is 12.0 Å². The van der Waals surface area contributed by atoms with Crippen molar-refractivity contribution in [3.63, 3.8) is 0 Å². The molecule has 170 valence electrons. The molecule has 0 aliphatic carbocycles. The number of nitrogens with zero attached hydrogens (tertiary/aromatic N) is 6. The fourth-order valence-electron chi connectivity index (χ4n) is 3.30. The van der Waals surface area contributed by atoms with Crippen LogP contribution in [0.15, 0.2) is 69.5 Å². The molecule has 0 saturated carbocycles. The predicted octanol–water partition coefficient (Wildman–Crippen LogP) is 0.715. The number of hydrogen-bond acceptors (Lipinski definition) is 8. The van der Waals surface area contributed by atoms with Crippen molar-refractivity contribution in [2.45, 2.75) is 12.6 Å². The molecule has 11 nitrogen and oxygen atoms in total. The Morgan fingerprint density at radius 2 is 1.94 bits per heavy atom. The SMILES string of the molecule is Cn1c(=O)c2c(nc(NN=Cc3cccnc3)n2CC(O)COc2ccccc2)n(C)c1=O. The minimum atomic E-state index is -0.965. The van der Waals surface area contributed by atoms with Crippen molar-refractivity contribution in [1.82, 2.24) is 23.7 Å². The van der Waals surface area contributed by atoms with Crippen molar-refractivity contribution >= 4 is 23.3 Å². The van der Waals surface area contributed by atoms with E-state index in [4.69, 9.17) is 4.74 Å². The van der Waals surface area contributed by atoms with Gasteiger partial charge in [0.2, 0.25) is 5.95 Å². The number of imidazole rings is 1. The van der Waals surface area contributed by atoms with Gasteiger partial charge in [-0.15, -0.1) is 0 Å². The minimum absolute atomic E-state index is 0.00579. The first-order valence-electron chi connectivity index (χ1n) is 10.2. The van der Waals surface area contributed by atoms with Crippen LogP contribution in [0, 0.1) is 0 Å². The molecule has 33 heavy (non-hydrogen) atoms. The van der Waals surface area contributed by atoms with E-state index in [1.54, 1.807) is 36.8 Å². The maximum atomic E-state index is 12.9. The second kappa shape index (κ2) is 9.49. The summed E-state index contributed by atoms with van der Waals surface area (Å²) in [6.07, 6.45) is 3.87. The number of pyridine rings is 1. The van der Waals surface area contributed by atoms with E-state index in [1.807, 2.05) is 24.3 Å². The second-order valence-electron chi connectivity index (χ2n) is 7.36. The fraction of sp³-hybridized carbons (Fsp3) is 0.227. The van der Waals surface area contributed by atoms with Gasteiger partial charge in [-0.1, -0.05) is 24.3 Å². The number of aromatic nitrogens is 5. The first-order valence-corrected chi connectivity index (χ1v) is 10.2. The van der Waals surface area contributed by atoms with E-state index >= 15 is 0 Å². The number of para-hydroxylation sites is 1. The first kappa shape index (κ1) is 22.0. The van der Waals surface area contributed by atoms with Gasteiger partial charge < -0.3 is 14.4 Å². The molecular weight excluding hydrogens is 426 g/mol. The Kier molecular flexibility index (Phi) is 6.31. The van der Waals surface area contributed by atoms with Crippen LogP contribution in [0.3, 0.4) is 0 Å². The number of hydrogen-bond donors (Lipinski definition) is 2. The molecule has 0 saturated heterocycles. The number of benzene rings is 1.